The van der Waals surface area contributed by atoms with E-state index < -0.39 is 11.9 Å². The fourth-order valence-corrected chi connectivity index (χ4v) is 1.78. The monoisotopic (exact) mass is 274 g/mol. The molecule has 0 heterocycles. The zero-order valence-electron chi connectivity index (χ0n) is 8.34. The summed E-state index contributed by atoms with van der Waals surface area (Å²) in [6.07, 6.45) is 0.891. The van der Waals surface area contributed by atoms with Crippen molar-refractivity contribution >= 4 is 21.9 Å². The summed E-state index contributed by atoms with van der Waals surface area (Å²) in [5.74, 6) is -1.63. The van der Waals surface area contributed by atoms with Crippen LogP contribution in [0.3, 0.4) is 0 Å². The maximum Gasteiger partial charge on any atom is 0.306 e. The number of carbonyl (C=O) groups is 1. The van der Waals surface area contributed by atoms with Crippen LogP contribution in [0.25, 0.3) is 0 Å². The normalized spacial score (nSPS) is 12.5. The molecule has 15 heavy (non-hydrogen) atoms. The molecule has 82 valence electrons. The van der Waals surface area contributed by atoms with E-state index in [1.54, 1.807) is 6.07 Å². The lowest BCUT2D eigenvalue weighted by molar-refractivity contribution is -0.141. The molecule has 1 aromatic carbocycles. The van der Waals surface area contributed by atoms with Gasteiger partial charge in [-0.2, -0.15) is 0 Å². The first-order valence-corrected chi connectivity index (χ1v) is 5.50. The second-order valence-corrected chi connectivity index (χ2v) is 4.24. The Morgan fingerprint density at radius 1 is 1.60 bits per heavy atom. The molecule has 2 nitrogen and oxygen atoms in total. The molecule has 0 radical (unpaired) electrons. The molecule has 1 N–H and O–H groups in total. The molecule has 0 fully saturated rings. The molecule has 0 spiro atoms. The van der Waals surface area contributed by atoms with Gasteiger partial charge in [-0.1, -0.05) is 22.9 Å². The van der Waals surface area contributed by atoms with Crippen molar-refractivity contribution in [3.05, 3.63) is 34.1 Å². The highest BCUT2D eigenvalue weighted by Crippen LogP contribution is 2.22. The van der Waals surface area contributed by atoms with Gasteiger partial charge in [0.05, 0.1) is 5.92 Å². The summed E-state index contributed by atoms with van der Waals surface area (Å²) in [5.41, 5.74) is 0.698. The Balaban J connectivity index is 2.87. The lowest BCUT2D eigenvalue weighted by Crippen LogP contribution is -2.15. The smallest absolute Gasteiger partial charge is 0.306 e. The minimum atomic E-state index is -0.839. The second-order valence-electron chi connectivity index (χ2n) is 3.38. The van der Waals surface area contributed by atoms with Gasteiger partial charge in [0.15, 0.2) is 0 Å². The zero-order chi connectivity index (χ0) is 11.4. The minimum Gasteiger partial charge on any atom is -0.481 e. The lowest BCUT2D eigenvalue weighted by atomic mass is 9.97. The number of carboxylic acids is 1. The van der Waals surface area contributed by atoms with Gasteiger partial charge < -0.3 is 5.11 Å². The number of halogens is 2. The van der Waals surface area contributed by atoms with Crippen LogP contribution in [0.4, 0.5) is 4.39 Å². The largest absolute Gasteiger partial charge is 0.481 e. The molecule has 1 atom stereocenters. The topological polar surface area (TPSA) is 37.3 Å². The predicted molar refractivity (Wildman–Crippen MR) is 59.2 cm³/mol. The Bertz CT molecular complexity index is 366. The van der Waals surface area contributed by atoms with Crippen molar-refractivity contribution in [2.24, 2.45) is 5.92 Å². The highest BCUT2D eigenvalue weighted by molar-refractivity contribution is 9.10. The first kappa shape index (κ1) is 12.2. The molecular weight excluding hydrogens is 263 g/mol. The van der Waals surface area contributed by atoms with Gasteiger partial charge in [0.25, 0.3) is 0 Å². The van der Waals surface area contributed by atoms with E-state index in [4.69, 9.17) is 5.11 Å². The van der Waals surface area contributed by atoms with Crippen LogP contribution in [0.1, 0.15) is 18.9 Å². The SMILES string of the molecule is CCC(Cc1cc(F)ccc1Br)C(=O)O. The molecule has 0 aliphatic rings. The molecule has 0 aliphatic heterocycles. The van der Waals surface area contributed by atoms with E-state index in [0.29, 0.717) is 18.4 Å². The van der Waals surface area contributed by atoms with Crippen LogP contribution >= 0.6 is 15.9 Å². The van der Waals surface area contributed by atoms with Crippen molar-refractivity contribution in [3.8, 4) is 0 Å². The van der Waals surface area contributed by atoms with Crippen LogP contribution in [0.15, 0.2) is 22.7 Å². The fraction of sp³-hybridized carbons (Fsp3) is 0.364. The second kappa shape index (κ2) is 5.26. The lowest BCUT2D eigenvalue weighted by Gasteiger charge is -2.11. The third-order valence-electron chi connectivity index (χ3n) is 2.32. The Hall–Kier alpha value is -0.900. The van der Waals surface area contributed by atoms with Crippen LogP contribution in [-0.4, -0.2) is 11.1 Å². The number of carboxylic acid groups (broad SMARTS) is 1. The molecule has 4 heteroatoms. The third kappa shape index (κ3) is 3.30. The number of hydrogen-bond acceptors (Lipinski definition) is 1. The molecule has 0 aromatic heterocycles. The van der Waals surface area contributed by atoms with Crippen LogP contribution in [0, 0.1) is 11.7 Å². The van der Waals surface area contributed by atoms with Gasteiger partial charge in [-0.25, -0.2) is 4.39 Å². The summed E-state index contributed by atoms with van der Waals surface area (Å²) >= 11 is 3.28. The number of aliphatic carboxylic acids is 1. The van der Waals surface area contributed by atoms with E-state index >= 15 is 0 Å². The van der Waals surface area contributed by atoms with Crippen LogP contribution < -0.4 is 0 Å². The molecule has 0 bridgehead atoms. The summed E-state index contributed by atoms with van der Waals surface area (Å²) in [6.45, 7) is 1.81. The highest BCUT2D eigenvalue weighted by atomic mass is 79.9. The minimum absolute atomic E-state index is 0.339. The Morgan fingerprint density at radius 2 is 2.27 bits per heavy atom. The van der Waals surface area contributed by atoms with Crippen molar-refractivity contribution in [2.45, 2.75) is 19.8 Å². The zero-order valence-corrected chi connectivity index (χ0v) is 9.92. The van der Waals surface area contributed by atoms with Gasteiger partial charge in [-0.15, -0.1) is 0 Å². The van der Waals surface area contributed by atoms with Crippen molar-refractivity contribution < 1.29 is 14.3 Å². The van der Waals surface area contributed by atoms with E-state index in [0.717, 1.165) is 4.47 Å². The van der Waals surface area contributed by atoms with Gasteiger partial charge in [0.2, 0.25) is 0 Å². The van der Waals surface area contributed by atoms with Crippen LogP contribution in [-0.2, 0) is 11.2 Å². The summed E-state index contributed by atoms with van der Waals surface area (Å²) < 4.78 is 13.7. The molecule has 0 saturated carbocycles. The van der Waals surface area contributed by atoms with E-state index in [-0.39, 0.29) is 5.82 Å². The average Bonchev–Trinajstić information content (AvgIpc) is 2.18. The first-order chi connectivity index (χ1) is 7.04. The van der Waals surface area contributed by atoms with Gasteiger partial charge in [-0.3, -0.25) is 4.79 Å². The van der Waals surface area contributed by atoms with Crippen molar-refractivity contribution in [3.63, 3.8) is 0 Å². The molecule has 1 rings (SSSR count). The van der Waals surface area contributed by atoms with E-state index in [9.17, 15) is 9.18 Å². The molecule has 1 unspecified atom stereocenters. The van der Waals surface area contributed by atoms with E-state index in [2.05, 4.69) is 15.9 Å². The average molecular weight is 275 g/mol. The number of hydrogen-bond donors (Lipinski definition) is 1. The van der Waals surface area contributed by atoms with E-state index in [1.165, 1.54) is 12.1 Å². The standard InChI is InChI=1S/C11H12BrFO2/c1-2-7(11(14)15)5-8-6-9(13)3-4-10(8)12/h3-4,6-7H,2,5H2,1H3,(H,14,15). The Labute approximate surface area is 96.2 Å². The maximum atomic E-state index is 12.9. The summed E-state index contributed by atoms with van der Waals surface area (Å²) in [7, 11) is 0. The van der Waals surface area contributed by atoms with Gasteiger partial charge in [-0.05, 0) is 36.6 Å². The van der Waals surface area contributed by atoms with Crippen molar-refractivity contribution in [1.29, 1.82) is 0 Å². The molecule has 0 saturated heterocycles. The van der Waals surface area contributed by atoms with Gasteiger partial charge in [0, 0.05) is 4.47 Å². The number of benzene rings is 1. The maximum absolute atomic E-state index is 12.9. The quantitative estimate of drug-likeness (QED) is 0.915. The van der Waals surface area contributed by atoms with Crippen molar-refractivity contribution in [2.75, 3.05) is 0 Å². The van der Waals surface area contributed by atoms with Gasteiger partial charge in [0.1, 0.15) is 5.82 Å². The number of rotatable bonds is 4. The molecule has 1 aromatic rings. The van der Waals surface area contributed by atoms with Gasteiger partial charge >= 0.3 is 5.97 Å². The van der Waals surface area contributed by atoms with Crippen LogP contribution in [0.2, 0.25) is 0 Å². The summed E-state index contributed by atoms with van der Waals surface area (Å²) in [5, 5.41) is 8.89. The third-order valence-corrected chi connectivity index (χ3v) is 3.09. The predicted octanol–water partition coefficient (Wildman–Crippen LogP) is 3.24. The first-order valence-electron chi connectivity index (χ1n) is 4.71. The molecule has 0 aliphatic carbocycles. The molecular formula is C11H12BrFO2. The Morgan fingerprint density at radius 3 is 2.80 bits per heavy atom. The van der Waals surface area contributed by atoms with Crippen LogP contribution in [0.5, 0.6) is 0 Å². The Kier molecular flexibility index (Phi) is 4.27. The summed E-state index contributed by atoms with van der Waals surface area (Å²) in [6, 6.07) is 4.31. The summed E-state index contributed by atoms with van der Waals surface area (Å²) in [4.78, 5) is 10.8. The van der Waals surface area contributed by atoms with Crippen molar-refractivity contribution in [1.82, 2.24) is 0 Å². The fourth-order valence-electron chi connectivity index (χ4n) is 1.37. The van der Waals surface area contributed by atoms with E-state index in [1.807, 2.05) is 6.92 Å². The molecule has 0 amide bonds. The highest BCUT2D eigenvalue weighted by Gasteiger charge is 2.17.